The van der Waals surface area contributed by atoms with Gasteiger partial charge in [0.05, 0.1) is 11.8 Å². The molecule has 140 valence electrons. The van der Waals surface area contributed by atoms with Crippen LogP contribution in [0.25, 0.3) is 10.8 Å². The van der Waals surface area contributed by atoms with Crippen molar-refractivity contribution in [1.82, 2.24) is 5.32 Å². The van der Waals surface area contributed by atoms with Gasteiger partial charge in [-0.25, -0.2) is 0 Å². The highest BCUT2D eigenvalue weighted by Gasteiger charge is 2.39. The van der Waals surface area contributed by atoms with E-state index in [1.807, 2.05) is 6.08 Å². The van der Waals surface area contributed by atoms with Gasteiger partial charge in [0.25, 0.3) is 0 Å². The quantitative estimate of drug-likeness (QED) is 0.339. The minimum Gasteiger partial charge on any atom is -0.545 e. The molecule has 0 spiro atoms. The zero-order valence-electron chi connectivity index (χ0n) is 17.1. The van der Waals surface area contributed by atoms with Gasteiger partial charge in [0.15, 0.2) is 0 Å². The molecule has 0 saturated heterocycles. The highest BCUT2D eigenvalue weighted by atomic mass is 28.4. The smallest absolute Gasteiger partial charge is 0.250 e. The van der Waals surface area contributed by atoms with Crippen LogP contribution in [0.3, 0.4) is 0 Å². The lowest BCUT2D eigenvalue weighted by Gasteiger charge is -2.38. The van der Waals surface area contributed by atoms with E-state index in [0.717, 1.165) is 5.76 Å². The van der Waals surface area contributed by atoms with Crippen LogP contribution in [0.5, 0.6) is 0 Å². The van der Waals surface area contributed by atoms with Crippen LogP contribution in [0.4, 0.5) is 0 Å². The van der Waals surface area contributed by atoms with E-state index in [1.54, 1.807) is 0 Å². The zero-order valence-corrected chi connectivity index (χ0v) is 18.1. The largest absolute Gasteiger partial charge is 0.545 e. The molecule has 0 saturated carbocycles. The Balaban J connectivity index is 2.12. The van der Waals surface area contributed by atoms with Crippen LogP contribution in [0.1, 0.15) is 39.3 Å². The van der Waals surface area contributed by atoms with Crippen molar-refractivity contribution in [3.8, 4) is 0 Å². The lowest BCUT2D eigenvalue weighted by Crippen LogP contribution is -2.43. The van der Waals surface area contributed by atoms with Crippen LogP contribution < -0.4 is 5.32 Å². The molecule has 0 radical (unpaired) electrons. The zero-order chi connectivity index (χ0) is 19.5. The second kappa shape index (κ2) is 7.81. The maximum Gasteiger partial charge on any atom is 0.250 e. The summed E-state index contributed by atoms with van der Waals surface area (Å²) in [5, 5.41) is 6.26. The van der Waals surface area contributed by atoms with E-state index in [4.69, 9.17) is 4.43 Å². The second-order valence-electron chi connectivity index (χ2n) is 8.54. The van der Waals surface area contributed by atoms with Gasteiger partial charge in [0, 0.05) is 6.04 Å². The number of hydrogen-bond acceptors (Lipinski definition) is 2. The highest BCUT2D eigenvalue weighted by molar-refractivity contribution is 6.74. The second-order valence-corrected chi connectivity index (χ2v) is 13.3. The van der Waals surface area contributed by atoms with Crippen LogP contribution in [0.2, 0.25) is 18.1 Å². The summed E-state index contributed by atoms with van der Waals surface area (Å²) in [6.07, 6.45) is 1.88. The number of rotatable bonds is 7. The molecule has 0 aliphatic heterocycles. The Labute approximate surface area is 160 Å². The Hall–Kier alpha value is -1.84. The van der Waals surface area contributed by atoms with Crippen molar-refractivity contribution in [3.05, 3.63) is 73.0 Å². The van der Waals surface area contributed by atoms with Gasteiger partial charge in [-0.2, -0.15) is 0 Å². The molecule has 2 aromatic rings. The normalized spacial score (nSPS) is 14.7. The fraction of sp³-hybridized carbons (Fsp3) is 0.391. The van der Waals surface area contributed by atoms with Gasteiger partial charge in [-0.1, -0.05) is 69.8 Å². The average molecular weight is 368 g/mol. The Bertz CT molecular complexity index is 788. The summed E-state index contributed by atoms with van der Waals surface area (Å²) in [6.45, 7) is 21.5. The first kappa shape index (κ1) is 20.5. The fourth-order valence-corrected chi connectivity index (χ4v) is 3.77. The van der Waals surface area contributed by atoms with Crippen molar-refractivity contribution in [2.24, 2.45) is 0 Å². The summed E-state index contributed by atoms with van der Waals surface area (Å²) in [4.78, 5) is 0. The maximum absolute atomic E-state index is 6.37. The van der Waals surface area contributed by atoms with Crippen molar-refractivity contribution >= 4 is 19.1 Å². The molecule has 0 aliphatic rings. The first-order valence-electron chi connectivity index (χ1n) is 9.30. The molecule has 0 fully saturated rings. The molecule has 0 aliphatic carbocycles. The molecule has 1 N–H and O–H groups in total. The molecule has 0 unspecified atom stereocenters. The third-order valence-electron chi connectivity index (χ3n) is 5.48. The van der Waals surface area contributed by atoms with E-state index in [1.165, 1.54) is 16.3 Å². The molecule has 2 aromatic carbocycles. The molecule has 0 aromatic heterocycles. The third-order valence-corrected chi connectivity index (χ3v) is 9.86. The Kier molecular flexibility index (Phi) is 6.15. The minimum atomic E-state index is -1.90. The number of nitrogens with one attached hydrogen (secondary N) is 1. The van der Waals surface area contributed by atoms with E-state index >= 15 is 0 Å². The number of benzene rings is 2. The molecule has 2 rings (SSSR count). The molecule has 26 heavy (non-hydrogen) atoms. The summed E-state index contributed by atoms with van der Waals surface area (Å²) in [7, 11) is -1.90. The summed E-state index contributed by atoms with van der Waals surface area (Å²) in [6, 6.07) is 15.1. The van der Waals surface area contributed by atoms with Gasteiger partial charge in [0.2, 0.25) is 8.32 Å². The first-order valence-corrected chi connectivity index (χ1v) is 12.2. The monoisotopic (exact) mass is 367 g/mol. The van der Waals surface area contributed by atoms with Crippen molar-refractivity contribution in [3.63, 3.8) is 0 Å². The Morgan fingerprint density at radius 1 is 1.12 bits per heavy atom. The predicted molar refractivity (Wildman–Crippen MR) is 117 cm³/mol. The summed E-state index contributed by atoms with van der Waals surface area (Å²) < 4.78 is 6.37. The molecule has 3 heteroatoms. The molecule has 2 atom stereocenters. The Morgan fingerprint density at radius 2 is 1.73 bits per heavy atom. The molecule has 0 amide bonds. The van der Waals surface area contributed by atoms with Gasteiger partial charge in [-0.3, -0.25) is 5.32 Å². The first-order chi connectivity index (χ1) is 12.0. The molecular weight excluding hydrogens is 334 g/mol. The van der Waals surface area contributed by atoms with E-state index in [2.05, 4.69) is 102 Å². The van der Waals surface area contributed by atoms with E-state index < -0.39 is 8.32 Å². The SMILES string of the molecule is C=C[C@H](N[C@@H](C)c1ccc2ccccc2c1)C(=C)O[Si](C)(C)C(C)(C)C. The van der Waals surface area contributed by atoms with Gasteiger partial charge in [0.1, 0.15) is 0 Å². The lowest BCUT2D eigenvalue weighted by molar-refractivity contribution is 0.340. The fourth-order valence-electron chi connectivity index (χ4n) is 2.68. The summed E-state index contributed by atoms with van der Waals surface area (Å²) in [5.74, 6) is 0.763. The van der Waals surface area contributed by atoms with Crippen molar-refractivity contribution in [2.75, 3.05) is 0 Å². The van der Waals surface area contributed by atoms with Crippen molar-refractivity contribution < 1.29 is 4.43 Å². The molecular formula is C23H33NOSi. The van der Waals surface area contributed by atoms with Crippen LogP contribution in [-0.2, 0) is 4.43 Å². The third kappa shape index (κ3) is 4.66. The topological polar surface area (TPSA) is 21.3 Å². The Morgan fingerprint density at radius 3 is 2.31 bits per heavy atom. The molecule has 0 heterocycles. The van der Waals surface area contributed by atoms with Gasteiger partial charge >= 0.3 is 0 Å². The van der Waals surface area contributed by atoms with Crippen LogP contribution >= 0.6 is 0 Å². The minimum absolute atomic E-state index is 0.0782. The van der Waals surface area contributed by atoms with Gasteiger partial charge < -0.3 is 4.43 Å². The standard InChI is InChI=1S/C23H33NOSi/c1-9-22(18(3)25-26(7,8)23(4,5)6)24-17(2)20-15-14-19-12-10-11-13-21(19)16-20/h9-17,22,24H,1,3H2,2,4-8H3/t17-,22-/m0/s1. The van der Waals surface area contributed by atoms with Gasteiger partial charge in [-0.05, 0) is 47.5 Å². The highest BCUT2D eigenvalue weighted by Crippen LogP contribution is 2.38. The molecule has 2 nitrogen and oxygen atoms in total. The van der Waals surface area contributed by atoms with E-state index in [0.29, 0.717) is 0 Å². The van der Waals surface area contributed by atoms with Crippen LogP contribution in [-0.4, -0.2) is 14.4 Å². The maximum atomic E-state index is 6.37. The number of hydrogen-bond donors (Lipinski definition) is 1. The average Bonchev–Trinajstić information content (AvgIpc) is 2.57. The predicted octanol–water partition coefficient (Wildman–Crippen LogP) is 6.58. The van der Waals surface area contributed by atoms with Crippen LogP contribution in [0.15, 0.2) is 67.5 Å². The lowest BCUT2D eigenvalue weighted by atomic mass is 10.0. The summed E-state index contributed by atoms with van der Waals surface area (Å²) >= 11 is 0. The van der Waals surface area contributed by atoms with E-state index in [9.17, 15) is 0 Å². The van der Waals surface area contributed by atoms with Gasteiger partial charge in [-0.15, -0.1) is 6.58 Å². The van der Waals surface area contributed by atoms with E-state index in [-0.39, 0.29) is 17.1 Å². The van der Waals surface area contributed by atoms with Crippen molar-refractivity contribution in [1.29, 1.82) is 0 Å². The molecule has 0 bridgehead atoms. The van der Waals surface area contributed by atoms with Crippen molar-refractivity contribution in [2.45, 2.75) is 57.9 Å². The van der Waals surface area contributed by atoms with Crippen LogP contribution in [0, 0.1) is 0 Å². The summed E-state index contributed by atoms with van der Waals surface area (Å²) in [5.41, 5.74) is 1.25. The number of fused-ring (bicyclic) bond motifs is 1.